The number of amides is 1. The molecule has 23 heavy (non-hydrogen) atoms. The minimum Gasteiger partial charge on any atom is -0.489 e. The van der Waals surface area contributed by atoms with Crippen LogP contribution in [0.25, 0.3) is 0 Å². The molecular weight excluding hydrogens is 324 g/mol. The Morgan fingerprint density at radius 1 is 1.09 bits per heavy atom. The SMILES string of the molecule is COc1ncnc(NS(=O)(=O)c2ccc(NC=O)cc2)c1OC. The standard InChI is InChI=1S/C13H14N4O5S/c1-21-11-12(14-7-15-13(11)22-2)17-23(19,20)10-5-3-9(4-6-10)16-8-18/h3-8H,1-2H3,(H,16,18)(H,14,15,17). The van der Waals surface area contributed by atoms with Gasteiger partial charge in [-0.05, 0) is 24.3 Å². The Bertz CT molecular complexity index is 793. The Labute approximate surface area is 132 Å². The summed E-state index contributed by atoms with van der Waals surface area (Å²) in [6.07, 6.45) is 1.65. The van der Waals surface area contributed by atoms with Gasteiger partial charge in [-0.2, -0.15) is 4.98 Å². The van der Waals surface area contributed by atoms with E-state index >= 15 is 0 Å². The van der Waals surface area contributed by atoms with Gasteiger partial charge in [-0.25, -0.2) is 13.4 Å². The first-order valence-corrected chi connectivity index (χ1v) is 7.76. The molecule has 0 atom stereocenters. The number of benzene rings is 1. The van der Waals surface area contributed by atoms with E-state index in [2.05, 4.69) is 20.0 Å². The second-order valence-corrected chi connectivity index (χ2v) is 5.84. The van der Waals surface area contributed by atoms with Crippen molar-refractivity contribution in [2.45, 2.75) is 4.90 Å². The smallest absolute Gasteiger partial charge is 0.263 e. The zero-order valence-electron chi connectivity index (χ0n) is 12.3. The van der Waals surface area contributed by atoms with Gasteiger partial charge in [0.1, 0.15) is 6.33 Å². The van der Waals surface area contributed by atoms with E-state index in [1.54, 1.807) is 0 Å². The minimum atomic E-state index is -3.89. The van der Waals surface area contributed by atoms with Gasteiger partial charge >= 0.3 is 0 Å². The van der Waals surface area contributed by atoms with Crippen LogP contribution in [0.1, 0.15) is 0 Å². The lowest BCUT2D eigenvalue weighted by atomic mass is 10.3. The number of nitrogens with zero attached hydrogens (tertiary/aromatic N) is 2. The van der Waals surface area contributed by atoms with Gasteiger partial charge in [0, 0.05) is 5.69 Å². The molecule has 0 aliphatic rings. The molecule has 1 heterocycles. The Kier molecular flexibility index (Phi) is 4.96. The molecule has 10 heteroatoms. The number of carbonyl (C=O) groups is 1. The summed E-state index contributed by atoms with van der Waals surface area (Å²) in [5, 5.41) is 2.42. The van der Waals surface area contributed by atoms with Crippen LogP contribution in [0.5, 0.6) is 11.6 Å². The highest BCUT2D eigenvalue weighted by atomic mass is 32.2. The highest BCUT2D eigenvalue weighted by molar-refractivity contribution is 7.92. The maximum Gasteiger partial charge on any atom is 0.263 e. The first-order chi connectivity index (χ1) is 11.0. The quantitative estimate of drug-likeness (QED) is 0.719. The predicted octanol–water partition coefficient (Wildman–Crippen LogP) is 0.863. The molecule has 122 valence electrons. The molecule has 0 aliphatic carbocycles. The van der Waals surface area contributed by atoms with Gasteiger partial charge in [0.15, 0.2) is 5.82 Å². The largest absolute Gasteiger partial charge is 0.489 e. The molecule has 2 N–H and O–H groups in total. The average Bonchev–Trinajstić information content (AvgIpc) is 2.55. The molecule has 2 rings (SSSR count). The maximum atomic E-state index is 12.4. The van der Waals surface area contributed by atoms with Crippen LogP contribution in [0, 0.1) is 0 Å². The zero-order valence-corrected chi connectivity index (χ0v) is 13.1. The number of carbonyl (C=O) groups excluding carboxylic acids is 1. The van der Waals surface area contributed by atoms with E-state index in [0.717, 1.165) is 6.33 Å². The van der Waals surface area contributed by atoms with Crippen LogP contribution >= 0.6 is 0 Å². The summed E-state index contributed by atoms with van der Waals surface area (Å²) in [6.45, 7) is 0. The maximum absolute atomic E-state index is 12.4. The fraction of sp³-hybridized carbons (Fsp3) is 0.154. The normalized spacial score (nSPS) is 10.7. The van der Waals surface area contributed by atoms with Crippen molar-refractivity contribution in [2.24, 2.45) is 0 Å². The van der Waals surface area contributed by atoms with Crippen molar-refractivity contribution in [3.05, 3.63) is 30.6 Å². The van der Waals surface area contributed by atoms with E-state index < -0.39 is 10.0 Å². The van der Waals surface area contributed by atoms with Crippen molar-refractivity contribution in [2.75, 3.05) is 24.3 Å². The van der Waals surface area contributed by atoms with Crippen LogP contribution in [0.4, 0.5) is 11.5 Å². The number of aromatic nitrogens is 2. The molecular formula is C13H14N4O5S. The highest BCUT2D eigenvalue weighted by Gasteiger charge is 2.20. The molecule has 1 aromatic carbocycles. The first kappa shape index (κ1) is 16.5. The minimum absolute atomic E-state index is 0.00594. The molecule has 1 aromatic heterocycles. The number of anilines is 2. The van der Waals surface area contributed by atoms with Gasteiger partial charge in [0.05, 0.1) is 19.1 Å². The van der Waals surface area contributed by atoms with Crippen LogP contribution in [0.3, 0.4) is 0 Å². The Morgan fingerprint density at radius 2 is 1.78 bits per heavy atom. The predicted molar refractivity (Wildman–Crippen MR) is 82.1 cm³/mol. The van der Waals surface area contributed by atoms with Crippen LogP contribution in [0.2, 0.25) is 0 Å². The van der Waals surface area contributed by atoms with E-state index in [-0.39, 0.29) is 22.3 Å². The second-order valence-electron chi connectivity index (χ2n) is 4.16. The van der Waals surface area contributed by atoms with Gasteiger partial charge in [0.25, 0.3) is 15.9 Å². The van der Waals surface area contributed by atoms with Gasteiger partial charge in [0.2, 0.25) is 12.2 Å². The number of sulfonamides is 1. The van der Waals surface area contributed by atoms with Crippen LogP contribution < -0.4 is 19.5 Å². The number of nitrogens with one attached hydrogen (secondary N) is 2. The van der Waals surface area contributed by atoms with Gasteiger partial charge in [-0.15, -0.1) is 0 Å². The topological polar surface area (TPSA) is 120 Å². The van der Waals surface area contributed by atoms with Crippen molar-refractivity contribution in [1.82, 2.24) is 9.97 Å². The van der Waals surface area contributed by atoms with E-state index in [1.165, 1.54) is 38.5 Å². The third kappa shape index (κ3) is 3.66. The van der Waals surface area contributed by atoms with Crippen molar-refractivity contribution in [3.8, 4) is 11.6 Å². The van der Waals surface area contributed by atoms with Gasteiger partial charge < -0.3 is 14.8 Å². The van der Waals surface area contributed by atoms with Crippen molar-refractivity contribution < 1.29 is 22.7 Å². The van der Waals surface area contributed by atoms with Crippen LogP contribution in [-0.2, 0) is 14.8 Å². The number of rotatable bonds is 7. The Hall–Kier alpha value is -2.88. The third-order valence-electron chi connectivity index (χ3n) is 2.79. The van der Waals surface area contributed by atoms with Crippen molar-refractivity contribution >= 4 is 27.9 Å². The molecule has 0 spiro atoms. The second kappa shape index (κ2) is 6.92. The average molecular weight is 338 g/mol. The van der Waals surface area contributed by atoms with Crippen molar-refractivity contribution in [3.63, 3.8) is 0 Å². The summed E-state index contributed by atoms with van der Waals surface area (Å²) in [5.41, 5.74) is 0.472. The monoisotopic (exact) mass is 338 g/mol. The fourth-order valence-electron chi connectivity index (χ4n) is 1.74. The summed E-state index contributed by atoms with van der Waals surface area (Å²) in [4.78, 5) is 18.0. The Balaban J connectivity index is 2.33. The lowest BCUT2D eigenvalue weighted by molar-refractivity contribution is -0.105. The molecule has 0 fully saturated rings. The first-order valence-electron chi connectivity index (χ1n) is 6.28. The van der Waals surface area contributed by atoms with E-state index in [4.69, 9.17) is 9.47 Å². The van der Waals surface area contributed by atoms with Crippen LogP contribution in [0.15, 0.2) is 35.5 Å². The zero-order chi connectivity index (χ0) is 16.9. The summed E-state index contributed by atoms with van der Waals surface area (Å²) in [6, 6.07) is 5.61. The molecule has 1 amide bonds. The van der Waals surface area contributed by atoms with E-state index in [1.807, 2.05) is 0 Å². The number of hydrogen-bond donors (Lipinski definition) is 2. The molecule has 0 saturated heterocycles. The van der Waals surface area contributed by atoms with Gasteiger partial charge in [-0.1, -0.05) is 0 Å². The van der Waals surface area contributed by atoms with E-state index in [9.17, 15) is 13.2 Å². The number of ether oxygens (including phenoxy) is 2. The van der Waals surface area contributed by atoms with Crippen LogP contribution in [-0.4, -0.2) is 39.0 Å². The molecule has 9 nitrogen and oxygen atoms in total. The molecule has 0 bridgehead atoms. The molecule has 2 aromatic rings. The summed E-state index contributed by atoms with van der Waals surface area (Å²) >= 11 is 0. The summed E-state index contributed by atoms with van der Waals surface area (Å²) in [5.74, 6) is 0.123. The van der Waals surface area contributed by atoms with Gasteiger partial charge in [-0.3, -0.25) is 9.52 Å². The molecule has 0 saturated carbocycles. The van der Waals surface area contributed by atoms with E-state index in [0.29, 0.717) is 12.1 Å². The molecule has 0 radical (unpaired) electrons. The lowest BCUT2D eigenvalue weighted by Gasteiger charge is -2.12. The summed E-state index contributed by atoms with van der Waals surface area (Å²) in [7, 11) is -1.17. The number of methoxy groups -OCH3 is 2. The molecule has 0 unspecified atom stereocenters. The van der Waals surface area contributed by atoms with Crippen molar-refractivity contribution in [1.29, 1.82) is 0 Å². The lowest BCUT2D eigenvalue weighted by Crippen LogP contribution is -2.15. The highest BCUT2D eigenvalue weighted by Crippen LogP contribution is 2.32. The third-order valence-corrected chi connectivity index (χ3v) is 4.14. The molecule has 0 aliphatic heterocycles. The fourth-order valence-corrected chi connectivity index (χ4v) is 2.76. The Morgan fingerprint density at radius 3 is 2.35 bits per heavy atom. The summed E-state index contributed by atoms with van der Waals surface area (Å²) < 4.78 is 37.1. The number of hydrogen-bond acceptors (Lipinski definition) is 7.